The van der Waals surface area contributed by atoms with Crippen LogP contribution in [-0.4, -0.2) is 25.0 Å². The standard InChI is InChI=1S/C19H23NO4S2/c1-13(2)16-12-17(16)19(21)24-10-8-14-5-3-6-15(11-14)26(22,23)20-9-4-7-18(20)25/h3-7,9,11,13,16-17,25H,8,10,12H2,1-2H3. The Balaban J connectivity index is 1.62. The average Bonchev–Trinajstić information content (AvgIpc) is 3.29. The molecule has 0 amide bonds. The van der Waals surface area contributed by atoms with Crippen molar-refractivity contribution in [2.45, 2.75) is 36.6 Å². The van der Waals surface area contributed by atoms with Crippen LogP contribution in [0, 0.1) is 17.8 Å². The molecule has 0 N–H and O–H groups in total. The second-order valence-corrected chi connectivity index (χ2v) is 9.26. The van der Waals surface area contributed by atoms with Crippen molar-refractivity contribution in [1.29, 1.82) is 0 Å². The Kier molecular flexibility index (Phi) is 5.48. The van der Waals surface area contributed by atoms with Crippen molar-refractivity contribution in [3.8, 4) is 0 Å². The van der Waals surface area contributed by atoms with Gasteiger partial charge >= 0.3 is 5.97 Å². The number of ether oxygens (including phenoxy) is 1. The SMILES string of the molecule is CC(C)C1CC1C(=O)OCCc1cccc(S(=O)(=O)n2cccc2S)c1. The Morgan fingerprint density at radius 2 is 2.08 bits per heavy atom. The van der Waals surface area contributed by atoms with Crippen LogP contribution in [0.15, 0.2) is 52.5 Å². The molecule has 26 heavy (non-hydrogen) atoms. The first kappa shape index (κ1) is 19.0. The third-order valence-corrected chi connectivity index (χ3v) is 6.97. The summed E-state index contributed by atoms with van der Waals surface area (Å²) < 4.78 is 31.8. The lowest BCUT2D eigenvalue weighted by Crippen LogP contribution is -2.14. The summed E-state index contributed by atoms with van der Waals surface area (Å²) in [4.78, 5) is 12.2. The van der Waals surface area contributed by atoms with E-state index in [2.05, 4.69) is 26.5 Å². The Hall–Kier alpha value is -1.73. The molecule has 2 unspecified atom stereocenters. The molecule has 1 saturated carbocycles. The van der Waals surface area contributed by atoms with Gasteiger partial charge in [-0.15, -0.1) is 12.6 Å². The summed E-state index contributed by atoms with van der Waals surface area (Å²) in [6.45, 7) is 4.49. The van der Waals surface area contributed by atoms with Crippen LogP contribution in [0.1, 0.15) is 25.8 Å². The zero-order valence-electron chi connectivity index (χ0n) is 14.8. The van der Waals surface area contributed by atoms with Crippen LogP contribution in [0.5, 0.6) is 0 Å². The van der Waals surface area contributed by atoms with Crippen molar-refractivity contribution in [1.82, 2.24) is 3.97 Å². The molecule has 3 rings (SSSR count). The molecule has 1 aromatic carbocycles. The Labute approximate surface area is 159 Å². The van der Waals surface area contributed by atoms with Gasteiger partial charge in [-0.05, 0) is 48.1 Å². The number of thiol groups is 1. The molecule has 140 valence electrons. The minimum absolute atomic E-state index is 0.0317. The molecule has 1 fully saturated rings. The van der Waals surface area contributed by atoms with Gasteiger partial charge in [-0.2, -0.15) is 0 Å². The molecule has 0 spiro atoms. The minimum atomic E-state index is -3.68. The van der Waals surface area contributed by atoms with Crippen molar-refractivity contribution in [2.75, 3.05) is 6.61 Å². The summed E-state index contributed by atoms with van der Waals surface area (Å²) >= 11 is 4.17. The van der Waals surface area contributed by atoms with E-state index in [4.69, 9.17) is 4.74 Å². The van der Waals surface area contributed by atoms with Gasteiger partial charge in [-0.1, -0.05) is 26.0 Å². The van der Waals surface area contributed by atoms with Crippen molar-refractivity contribution in [3.05, 3.63) is 48.2 Å². The van der Waals surface area contributed by atoms with E-state index in [1.807, 2.05) is 6.07 Å². The van der Waals surface area contributed by atoms with Crippen LogP contribution in [-0.2, 0) is 26.0 Å². The predicted octanol–water partition coefficient (Wildman–Crippen LogP) is 3.39. The van der Waals surface area contributed by atoms with Gasteiger partial charge in [-0.25, -0.2) is 12.4 Å². The van der Waals surface area contributed by atoms with Crippen LogP contribution in [0.3, 0.4) is 0 Å². The zero-order valence-corrected chi connectivity index (χ0v) is 16.5. The lowest BCUT2D eigenvalue weighted by Gasteiger charge is -2.10. The van der Waals surface area contributed by atoms with Gasteiger partial charge in [0.25, 0.3) is 10.0 Å². The number of esters is 1. The molecule has 1 aliphatic rings. The summed E-state index contributed by atoms with van der Waals surface area (Å²) in [5.74, 6) is 0.830. The molecule has 1 aromatic heterocycles. The van der Waals surface area contributed by atoms with E-state index in [-0.39, 0.29) is 23.4 Å². The molecule has 2 aromatic rings. The summed E-state index contributed by atoms with van der Waals surface area (Å²) in [7, 11) is -3.68. The third-order valence-electron chi connectivity index (χ3n) is 4.78. The molecule has 0 aliphatic heterocycles. The summed E-state index contributed by atoms with van der Waals surface area (Å²) in [5.41, 5.74) is 0.808. The van der Waals surface area contributed by atoms with Crippen molar-refractivity contribution in [3.63, 3.8) is 0 Å². The molecule has 2 atom stereocenters. The fourth-order valence-corrected chi connectivity index (χ4v) is 4.93. The highest BCUT2D eigenvalue weighted by Gasteiger charge is 2.45. The van der Waals surface area contributed by atoms with Gasteiger partial charge in [0.15, 0.2) is 0 Å². The normalized spacial score (nSPS) is 19.5. The molecule has 7 heteroatoms. The minimum Gasteiger partial charge on any atom is -0.465 e. The molecule has 1 aliphatic carbocycles. The molecular formula is C19H23NO4S2. The first-order chi connectivity index (χ1) is 12.3. The number of carbonyl (C=O) groups is 1. The monoisotopic (exact) mass is 393 g/mol. The quantitative estimate of drug-likeness (QED) is 0.578. The Morgan fingerprint density at radius 1 is 1.31 bits per heavy atom. The van der Waals surface area contributed by atoms with Crippen LogP contribution in [0.4, 0.5) is 0 Å². The fourth-order valence-electron chi connectivity index (χ4n) is 3.13. The van der Waals surface area contributed by atoms with Crippen LogP contribution < -0.4 is 0 Å². The van der Waals surface area contributed by atoms with E-state index < -0.39 is 10.0 Å². The first-order valence-electron chi connectivity index (χ1n) is 8.68. The van der Waals surface area contributed by atoms with Gasteiger partial charge in [0.2, 0.25) is 0 Å². The van der Waals surface area contributed by atoms with Gasteiger partial charge in [0, 0.05) is 12.6 Å². The van der Waals surface area contributed by atoms with E-state index in [1.165, 1.54) is 6.20 Å². The van der Waals surface area contributed by atoms with E-state index in [1.54, 1.807) is 30.3 Å². The Morgan fingerprint density at radius 3 is 2.69 bits per heavy atom. The topological polar surface area (TPSA) is 65.4 Å². The second kappa shape index (κ2) is 7.48. The van der Waals surface area contributed by atoms with Crippen molar-refractivity contribution < 1.29 is 17.9 Å². The molecular weight excluding hydrogens is 370 g/mol. The highest BCUT2D eigenvalue weighted by Crippen LogP contribution is 2.44. The maximum atomic E-state index is 12.7. The van der Waals surface area contributed by atoms with Gasteiger partial charge in [0.1, 0.15) is 0 Å². The molecule has 0 saturated heterocycles. The number of rotatable bonds is 7. The van der Waals surface area contributed by atoms with Gasteiger partial charge in [-0.3, -0.25) is 4.79 Å². The molecule has 0 radical (unpaired) electrons. The number of hydrogen-bond donors (Lipinski definition) is 1. The largest absolute Gasteiger partial charge is 0.465 e. The predicted molar refractivity (Wildman–Crippen MR) is 102 cm³/mol. The fraction of sp³-hybridized carbons (Fsp3) is 0.421. The number of aromatic nitrogens is 1. The Bertz CT molecular complexity index is 902. The molecule has 5 nitrogen and oxygen atoms in total. The highest BCUT2D eigenvalue weighted by molar-refractivity contribution is 7.90. The van der Waals surface area contributed by atoms with E-state index in [0.717, 1.165) is 16.0 Å². The van der Waals surface area contributed by atoms with Crippen molar-refractivity contribution >= 4 is 28.6 Å². The summed E-state index contributed by atoms with van der Waals surface area (Å²) in [6, 6.07) is 9.94. The highest BCUT2D eigenvalue weighted by atomic mass is 32.2. The smallest absolute Gasteiger partial charge is 0.309 e. The van der Waals surface area contributed by atoms with Gasteiger partial charge < -0.3 is 4.74 Å². The number of benzene rings is 1. The number of hydrogen-bond acceptors (Lipinski definition) is 5. The second-order valence-electron chi connectivity index (χ2n) is 6.98. The first-order valence-corrected chi connectivity index (χ1v) is 10.6. The van der Waals surface area contributed by atoms with Crippen LogP contribution in [0.2, 0.25) is 0 Å². The van der Waals surface area contributed by atoms with E-state index >= 15 is 0 Å². The van der Waals surface area contributed by atoms with Crippen LogP contribution >= 0.6 is 12.6 Å². The number of nitrogens with zero attached hydrogens (tertiary/aromatic N) is 1. The number of carbonyl (C=O) groups excluding carboxylic acids is 1. The average molecular weight is 394 g/mol. The molecule has 1 heterocycles. The van der Waals surface area contributed by atoms with E-state index in [0.29, 0.717) is 23.3 Å². The lowest BCUT2D eigenvalue weighted by molar-refractivity contribution is -0.145. The maximum absolute atomic E-state index is 12.7. The van der Waals surface area contributed by atoms with Gasteiger partial charge in [0.05, 0.1) is 22.4 Å². The lowest BCUT2D eigenvalue weighted by atomic mass is 10.1. The zero-order chi connectivity index (χ0) is 18.9. The van der Waals surface area contributed by atoms with Crippen molar-refractivity contribution in [2.24, 2.45) is 17.8 Å². The van der Waals surface area contributed by atoms with Crippen LogP contribution in [0.25, 0.3) is 0 Å². The maximum Gasteiger partial charge on any atom is 0.309 e. The summed E-state index contributed by atoms with van der Waals surface area (Å²) in [6.07, 6.45) is 2.85. The third kappa shape index (κ3) is 3.99. The van der Waals surface area contributed by atoms with E-state index in [9.17, 15) is 13.2 Å². The summed E-state index contributed by atoms with van der Waals surface area (Å²) in [5, 5.41) is 0.355. The molecule has 0 bridgehead atoms.